The van der Waals surface area contributed by atoms with Crippen molar-refractivity contribution in [3.8, 4) is 5.75 Å². The maximum atomic E-state index is 11.3. The molecule has 0 heterocycles. The van der Waals surface area contributed by atoms with Gasteiger partial charge in [0.2, 0.25) is 5.91 Å². The largest absolute Gasteiger partial charge is 0.494 e. The normalized spacial score (nSPS) is 10.1. The number of carbonyl (C=O) groups is 1. The van der Waals surface area contributed by atoms with E-state index in [1.165, 1.54) is 0 Å². The van der Waals surface area contributed by atoms with Crippen LogP contribution in [-0.4, -0.2) is 23.5 Å². The highest BCUT2D eigenvalue weighted by molar-refractivity contribution is 6.19. The molecule has 0 aromatic heterocycles. The summed E-state index contributed by atoms with van der Waals surface area (Å²) in [5.41, 5.74) is 1.28. The highest BCUT2D eigenvalue weighted by Crippen LogP contribution is 2.23. The minimum atomic E-state index is -0.145. The molecule has 1 amide bonds. The summed E-state index contributed by atoms with van der Waals surface area (Å²) in [6.07, 6.45) is 0.267. The lowest BCUT2D eigenvalue weighted by atomic mass is 10.2. The van der Waals surface area contributed by atoms with Crippen molar-refractivity contribution in [3.63, 3.8) is 0 Å². The van der Waals surface area contributed by atoms with E-state index in [4.69, 9.17) is 16.3 Å². The molecule has 0 saturated carbocycles. The molecule has 0 aliphatic heterocycles. The zero-order valence-corrected chi connectivity index (χ0v) is 10.5. The Labute approximate surface area is 106 Å². The van der Waals surface area contributed by atoms with E-state index in [-0.39, 0.29) is 24.8 Å². The molecule has 5 heteroatoms. The van der Waals surface area contributed by atoms with Crippen molar-refractivity contribution in [2.75, 3.05) is 17.8 Å². The number of benzene rings is 1. The number of ether oxygens (including phenoxy) is 1. The lowest BCUT2D eigenvalue weighted by Gasteiger charge is -2.11. The molecule has 1 rings (SSSR count). The number of halogens is 1. The maximum absolute atomic E-state index is 11.3. The fraction of sp³-hybridized carbons (Fsp3) is 0.417. The standard InChI is InChI=1S/C12H16ClNO3/c1-2-17-11-4-3-10(7-9(11)8-15)14-12(16)5-6-13/h3-4,7,15H,2,5-6,8H2,1H3,(H,14,16). The summed E-state index contributed by atoms with van der Waals surface area (Å²) in [4.78, 5) is 11.3. The number of rotatable bonds is 6. The highest BCUT2D eigenvalue weighted by atomic mass is 35.5. The average Bonchev–Trinajstić information content (AvgIpc) is 2.31. The molecule has 0 bridgehead atoms. The monoisotopic (exact) mass is 257 g/mol. The second-order valence-electron chi connectivity index (χ2n) is 3.40. The topological polar surface area (TPSA) is 58.6 Å². The number of nitrogens with one attached hydrogen (secondary N) is 1. The minimum Gasteiger partial charge on any atom is -0.494 e. The number of aliphatic hydroxyl groups is 1. The van der Waals surface area contributed by atoms with Gasteiger partial charge in [-0.2, -0.15) is 0 Å². The molecule has 0 fully saturated rings. The van der Waals surface area contributed by atoms with Gasteiger partial charge in [0.15, 0.2) is 0 Å². The lowest BCUT2D eigenvalue weighted by molar-refractivity contribution is -0.115. The van der Waals surface area contributed by atoms with Crippen molar-refractivity contribution >= 4 is 23.2 Å². The number of amides is 1. The Kier molecular flexibility index (Phi) is 5.80. The molecular formula is C12H16ClNO3. The van der Waals surface area contributed by atoms with E-state index in [0.29, 0.717) is 23.6 Å². The molecule has 0 spiro atoms. The van der Waals surface area contributed by atoms with Crippen molar-refractivity contribution in [2.45, 2.75) is 20.0 Å². The van der Waals surface area contributed by atoms with Crippen molar-refractivity contribution in [1.82, 2.24) is 0 Å². The number of hydrogen-bond acceptors (Lipinski definition) is 3. The summed E-state index contributed by atoms with van der Waals surface area (Å²) in [6, 6.07) is 5.15. The van der Waals surface area contributed by atoms with Crippen LogP contribution in [0, 0.1) is 0 Å². The first-order chi connectivity index (χ1) is 8.21. The molecule has 0 radical (unpaired) electrons. The quantitative estimate of drug-likeness (QED) is 0.768. The van der Waals surface area contributed by atoms with E-state index in [0.717, 1.165) is 0 Å². The summed E-state index contributed by atoms with van der Waals surface area (Å²) in [5, 5.41) is 11.9. The van der Waals surface area contributed by atoms with Crippen LogP contribution in [0.3, 0.4) is 0 Å². The average molecular weight is 258 g/mol. The summed E-state index contributed by atoms with van der Waals surface area (Å²) >= 11 is 5.47. The minimum absolute atomic E-state index is 0.130. The Morgan fingerprint density at radius 3 is 2.88 bits per heavy atom. The summed E-state index contributed by atoms with van der Waals surface area (Å²) in [5.74, 6) is 0.772. The molecule has 0 aliphatic carbocycles. The van der Waals surface area contributed by atoms with Crippen molar-refractivity contribution < 1.29 is 14.6 Å². The van der Waals surface area contributed by atoms with E-state index >= 15 is 0 Å². The predicted octanol–water partition coefficient (Wildman–Crippen LogP) is 2.15. The van der Waals surface area contributed by atoms with Crippen LogP contribution in [0.5, 0.6) is 5.75 Å². The highest BCUT2D eigenvalue weighted by Gasteiger charge is 2.06. The van der Waals surface area contributed by atoms with Crippen LogP contribution in [0.4, 0.5) is 5.69 Å². The molecule has 1 aromatic rings. The smallest absolute Gasteiger partial charge is 0.225 e. The Morgan fingerprint density at radius 1 is 1.53 bits per heavy atom. The van der Waals surface area contributed by atoms with Gasteiger partial charge in [-0.15, -0.1) is 11.6 Å². The molecule has 2 N–H and O–H groups in total. The number of carbonyl (C=O) groups excluding carboxylic acids is 1. The molecular weight excluding hydrogens is 242 g/mol. The van der Waals surface area contributed by atoms with Gasteiger partial charge in [0, 0.05) is 23.6 Å². The van der Waals surface area contributed by atoms with Crippen LogP contribution < -0.4 is 10.1 Å². The molecule has 4 nitrogen and oxygen atoms in total. The third kappa shape index (κ3) is 4.24. The first-order valence-corrected chi connectivity index (χ1v) is 5.97. The Hall–Kier alpha value is -1.26. The third-order valence-electron chi connectivity index (χ3n) is 2.14. The molecule has 1 aromatic carbocycles. The van der Waals surface area contributed by atoms with Gasteiger partial charge in [0.1, 0.15) is 5.75 Å². The van der Waals surface area contributed by atoms with E-state index < -0.39 is 0 Å². The van der Waals surface area contributed by atoms with Gasteiger partial charge in [-0.25, -0.2) is 0 Å². The first-order valence-electron chi connectivity index (χ1n) is 5.43. The second kappa shape index (κ2) is 7.14. The van der Waals surface area contributed by atoms with Gasteiger partial charge in [-0.05, 0) is 25.1 Å². The Balaban J connectivity index is 2.78. The molecule has 94 valence electrons. The van der Waals surface area contributed by atoms with Crippen LogP contribution in [-0.2, 0) is 11.4 Å². The zero-order valence-electron chi connectivity index (χ0n) is 9.70. The number of hydrogen-bond donors (Lipinski definition) is 2. The van der Waals surface area contributed by atoms with Crippen LogP contribution in [0.15, 0.2) is 18.2 Å². The van der Waals surface area contributed by atoms with E-state index in [2.05, 4.69) is 5.32 Å². The molecule has 0 aliphatic rings. The van der Waals surface area contributed by atoms with Gasteiger partial charge < -0.3 is 15.2 Å². The van der Waals surface area contributed by atoms with Crippen LogP contribution in [0.25, 0.3) is 0 Å². The summed E-state index contributed by atoms with van der Waals surface area (Å²) in [6.45, 7) is 2.27. The van der Waals surface area contributed by atoms with E-state index in [1.54, 1.807) is 18.2 Å². The summed E-state index contributed by atoms with van der Waals surface area (Å²) in [7, 11) is 0. The van der Waals surface area contributed by atoms with Gasteiger partial charge in [0.05, 0.1) is 13.2 Å². The lowest BCUT2D eigenvalue weighted by Crippen LogP contribution is -2.12. The van der Waals surface area contributed by atoms with Crippen molar-refractivity contribution in [3.05, 3.63) is 23.8 Å². The third-order valence-corrected chi connectivity index (χ3v) is 2.32. The summed E-state index contributed by atoms with van der Waals surface area (Å²) < 4.78 is 5.34. The number of alkyl halides is 1. The first kappa shape index (κ1) is 13.8. The molecule has 0 unspecified atom stereocenters. The number of anilines is 1. The van der Waals surface area contributed by atoms with Gasteiger partial charge in [-0.1, -0.05) is 0 Å². The van der Waals surface area contributed by atoms with Gasteiger partial charge in [-0.3, -0.25) is 4.79 Å². The van der Waals surface area contributed by atoms with Crippen LogP contribution >= 0.6 is 11.6 Å². The van der Waals surface area contributed by atoms with E-state index in [1.807, 2.05) is 6.92 Å². The number of aliphatic hydroxyl groups excluding tert-OH is 1. The predicted molar refractivity (Wildman–Crippen MR) is 67.5 cm³/mol. The SMILES string of the molecule is CCOc1ccc(NC(=O)CCCl)cc1CO. The zero-order chi connectivity index (χ0) is 12.7. The van der Waals surface area contributed by atoms with Crippen molar-refractivity contribution in [2.24, 2.45) is 0 Å². The molecule has 0 saturated heterocycles. The van der Waals surface area contributed by atoms with Crippen LogP contribution in [0.2, 0.25) is 0 Å². The fourth-order valence-corrected chi connectivity index (χ4v) is 1.56. The van der Waals surface area contributed by atoms with E-state index in [9.17, 15) is 9.90 Å². The molecule has 0 atom stereocenters. The van der Waals surface area contributed by atoms with Gasteiger partial charge in [0.25, 0.3) is 0 Å². The second-order valence-corrected chi connectivity index (χ2v) is 3.78. The Bertz CT molecular complexity index is 382. The molecule has 17 heavy (non-hydrogen) atoms. The van der Waals surface area contributed by atoms with Crippen molar-refractivity contribution in [1.29, 1.82) is 0 Å². The maximum Gasteiger partial charge on any atom is 0.225 e. The van der Waals surface area contributed by atoms with Crippen LogP contribution in [0.1, 0.15) is 18.9 Å². The Morgan fingerprint density at radius 2 is 2.29 bits per heavy atom. The fourth-order valence-electron chi connectivity index (χ4n) is 1.39. The van der Waals surface area contributed by atoms with Gasteiger partial charge >= 0.3 is 0 Å².